The van der Waals surface area contributed by atoms with Crippen LogP contribution >= 0.6 is 0 Å². The molecule has 1 N–H and O–H groups in total. The summed E-state index contributed by atoms with van der Waals surface area (Å²) in [4.78, 5) is 2.35. The minimum absolute atomic E-state index is 0.230. The molecule has 1 aliphatic heterocycles. The van der Waals surface area contributed by atoms with E-state index in [1.165, 1.54) is 27.0 Å². The number of nitrogens with zero attached hydrogens (tertiary/aromatic N) is 5. The summed E-state index contributed by atoms with van der Waals surface area (Å²) in [5.74, 6) is -0.817. The first kappa shape index (κ1) is 23.4. The maximum atomic E-state index is 13.2. The van der Waals surface area contributed by atoms with Gasteiger partial charge in [-0.1, -0.05) is 12.5 Å². The van der Waals surface area contributed by atoms with Gasteiger partial charge in [0, 0.05) is 19.0 Å². The van der Waals surface area contributed by atoms with E-state index in [1.807, 2.05) is 0 Å². The van der Waals surface area contributed by atoms with E-state index < -0.39 is 40.3 Å². The molecule has 1 saturated carbocycles. The lowest BCUT2D eigenvalue weighted by Gasteiger charge is -2.30. The second kappa shape index (κ2) is 7.90. The number of hydrogen-bond donors (Lipinski definition) is 1. The van der Waals surface area contributed by atoms with Crippen LogP contribution in [0.15, 0.2) is 56.7 Å². The molecule has 1 spiro atoms. The Morgan fingerprint density at radius 2 is 1.85 bits per heavy atom. The second-order valence-electron chi connectivity index (χ2n) is 8.94. The molecule has 2 aliphatic rings. The van der Waals surface area contributed by atoms with Crippen molar-refractivity contribution in [3.8, 4) is 5.82 Å². The quantitative estimate of drug-likeness (QED) is 0.630. The van der Waals surface area contributed by atoms with Crippen LogP contribution in [0.25, 0.3) is 5.82 Å². The summed E-state index contributed by atoms with van der Waals surface area (Å²) in [5, 5.41) is 21.4. The van der Waals surface area contributed by atoms with Gasteiger partial charge in [-0.2, -0.15) is 9.78 Å². The molecule has 0 bridgehead atoms. The summed E-state index contributed by atoms with van der Waals surface area (Å²) in [6, 6.07) is 4.94. The van der Waals surface area contributed by atoms with E-state index in [2.05, 4.69) is 20.3 Å². The molecule has 0 atom stereocenters. The van der Waals surface area contributed by atoms with Crippen LogP contribution in [-0.2, 0) is 24.4 Å². The lowest BCUT2D eigenvalue weighted by Crippen LogP contribution is -2.39. The summed E-state index contributed by atoms with van der Waals surface area (Å²) in [7, 11) is -8.09. The lowest BCUT2D eigenvalue weighted by molar-refractivity contribution is -0.00834. The maximum absolute atomic E-state index is 13.2. The van der Waals surface area contributed by atoms with Crippen LogP contribution < -0.4 is 0 Å². The molecule has 11 nitrogen and oxygen atoms in total. The third-order valence-electron chi connectivity index (χ3n) is 5.73. The molecule has 2 aromatic rings. The standard InChI is InChI=1S/C20H25N5O6S2/c1-19(2,3)32(27,28)14-13-22-25(15-9-5-8-12-21-15)16(14)23-24-17-18(26)31-20(33(17,29)30)10-6-4-7-11-20/h5,8-9,12-13,26H,4,6-7,10-11H2,1-3H3. The number of aliphatic hydroxyl groups excluding tert-OH is 1. The van der Waals surface area contributed by atoms with E-state index in [1.54, 1.807) is 18.2 Å². The molecule has 33 heavy (non-hydrogen) atoms. The van der Waals surface area contributed by atoms with Crippen LogP contribution in [0.4, 0.5) is 5.82 Å². The number of sulfone groups is 2. The number of pyridine rings is 1. The Morgan fingerprint density at radius 1 is 1.15 bits per heavy atom. The average molecular weight is 496 g/mol. The van der Waals surface area contributed by atoms with E-state index in [-0.39, 0.29) is 29.4 Å². The van der Waals surface area contributed by atoms with Crippen LogP contribution in [0, 0.1) is 0 Å². The van der Waals surface area contributed by atoms with Gasteiger partial charge in [0.25, 0.3) is 5.03 Å². The molecular weight excluding hydrogens is 470 g/mol. The maximum Gasteiger partial charge on any atom is 0.319 e. The van der Waals surface area contributed by atoms with Crippen molar-refractivity contribution < 1.29 is 26.7 Å². The van der Waals surface area contributed by atoms with Gasteiger partial charge >= 0.3 is 5.95 Å². The van der Waals surface area contributed by atoms with Crippen molar-refractivity contribution in [3.63, 3.8) is 0 Å². The zero-order valence-electron chi connectivity index (χ0n) is 18.5. The molecule has 0 saturated heterocycles. The summed E-state index contributed by atoms with van der Waals surface area (Å²) >= 11 is 0. The van der Waals surface area contributed by atoms with Crippen molar-refractivity contribution in [1.29, 1.82) is 0 Å². The van der Waals surface area contributed by atoms with Crippen LogP contribution in [0.1, 0.15) is 52.9 Å². The zero-order chi connectivity index (χ0) is 24.1. The summed E-state index contributed by atoms with van der Waals surface area (Å²) in [5.41, 5.74) is 0. The van der Waals surface area contributed by atoms with E-state index >= 15 is 0 Å². The molecule has 1 fully saturated rings. The fraction of sp³-hybridized carbons (Fsp3) is 0.500. The minimum Gasteiger partial charge on any atom is -0.479 e. The molecule has 0 aromatic carbocycles. The first-order valence-electron chi connectivity index (χ1n) is 10.4. The monoisotopic (exact) mass is 495 g/mol. The Morgan fingerprint density at radius 3 is 2.45 bits per heavy atom. The third kappa shape index (κ3) is 3.72. The van der Waals surface area contributed by atoms with Crippen LogP contribution in [0.3, 0.4) is 0 Å². The predicted octanol–water partition coefficient (Wildman–Crippen LogP) is 3.71. The Balaban J connectivity index is 1.84. The molecule has 3 heterocycles. The predicted molar refractivity (Wildman–Crippen MR) is 118 cm³/mol. The van der Waals surface area contributed by atoms with Gasteiger partial charge in [-0.05, 0) is 45.7 Å². The molecule has 0 radical (unpaired) electrons. The lowest BCUT2D eigenvalue weighted by atomic mass is 9.97. The van der Waals surface area contributed by atoms with Gasteiger partial charge in [0.1, 0.15) is 4.90 Å². The topological polar surface area (TPSA) is 153 Å². The molecule has 1 aliphatic carbocycles. The normalized spacial score (nSPS) is 20.5. The van der Waals surface area contributed by atoms with Gasteiger partial charge < -0.3 is 9.84 Å². The average Bonchev–Trinajstić information content (AvgIpc) is 3.25. The number of hydrogen-bond acceptors (Lipinski definition) is 10. The SMILES string of the molecule is CC(C)(C)S(=O)(=O)c1cnn(-c2ccccn2)c1N=NC1=C(O)OC2(CCCCC2)S1(=O)=O. The second-order valence-corrected chi connectivity index (χ2v) is 13.7. The molecular formula is C20H25N5O6S2. The molecule has 4 rings (SSSR count). The highest BCUT2D eigenvalue weighted by atomic mass is 32.2. The van der Waals surface area contributed by atoms with E-state index in [0.717, 1.165) is 17.3 Å². The molecule has 2 aromatic heterocycles. The number of azo groups is 1. The van der Waals surface area contributed by atoms with Gasteiger partial charge in [0.15, 0.2) is 21.5 Å². The fourth-order valence-electron chi connectivity index (χ4n) is 3.80. The number of aromatic nitrogens is 3. The van der Waals surface area contributed by atoms with Crippen molar-refractivity contribution in [2.24, 2.45) is 10.2 Å². The molecule has 178 valence electrons. The van der Waals surface area contributed by atoms with E-state index in [9.17, 15) is 21.9 Å². The Kier molecular flexibility index (Phi) is 5.60. The van der Waals surface area contributed by atoms with Crippen molar-refractivity contribution in [3.05, 3.63) is 41.6 Å². The molecule has 13 heteroatoms. The van der Waals surface area contributed by atoms with E-state index in [0.29, 0.717) is 12.8 Å². The van der Waals surface area contributed by atoms with Gasteiger partial charge in [0.05, 0.1) is 10.9 Å². The summed E-state index contributed by atoms with van der Waals surface area (Å²) in [6.07, 6.45) is 5.22. The van der Waals surface area contributed by atoms with Gasteiger partial charge in [0.2, 0.25) is 14.8 Å². The number of rotatable bonds is 4. The highest BCUT2D eigenvalue weighted by Crippen LogP contribution is 2.47. The largest absolute Gasteiger partial charge is 0.479 e. The van der Waals surface area contributed by atoms with Gasteiger partial charge in [-0.25, -0.2) is 21.8 Å². The van der Waals surface area contributed by atoms with Crippen molar-refractivity contribution in [2.75, 3.05) is 0 Å². The van der Waals surface area contributed by atoms with Crippen LogP contribution in [0.2, 0.25) is 0 Å². The summed E-state index contributed by atoms with van der Waals surface area (Å²) < 4.78 is 58.1. The van der Waals surface area contributed by atoms with Gasteiger partial charge in [-0.3, -0.25) is 0 Å². The van der Waals surface area contributed by atoms with Crippen LogP contribution in [-0.4, -0.2) is 46.4 Å². The van der Waals surface area contributed by atoms with E-state index in [4.69, 9.17) is 4.74 Å². The fourth-order valence-corrected chi connectivity index (χ4v) is 6.80. The first-order chi connectivity index (χ1) is 15.4. The highest BCUT2D eigenvalue weighted by molar-refractivity contribution is 7.96. The number of ether oxygens (including phenoxy) is 1. The third-order valence-corrected chi connectivity index (χ3v) is 10.5. The molecule has 0 amide bonds. The number of aliphatic hydroxyl groups is 1. The zero-order valence-corrected chi connectivity index (χ0v) is 20.1. The van der Waals surface area contributed by atoms with Crippen LogP contribution in [0.5, 0.6) is 0 Å². The van der Waals surface area contributed by atoms with Gasteiger partial charge in [-0.15, -0.1) is 10.2 Å². The Bertz CT molecular complexity index is 1330. The van der Waals surface area contributed by atoms with Crippen molar-refractivity contribution in [2.45, 2.75) is 67.5 Å². The first-order valence-corrected chi connectivity index (χ1v) is 13.4. The Labute approximate surface area is 192 Å². The van der Waals surface area contributed by atoms with Crippen molar-refractivity contribution in [1.82, 2.24) is 14.8 Å². The smallest absolute Gasteiger partial charge is 0.319 e. The molecule has 0 unspecified atom stereocenters. The van der Waals surface area contributed by atoms with Crippen molar-refractivity contribution >= 4 is 25.5 Å². The Hall–Kier alpha value is -2.80. The highest BCUT2D eigenvalue weighted by Gasteiger charge is 2.56. The minimum atomic E-state index is -4.15. The summed E-state index contributed by atoms with van der Waals surface area (Å²) in [6.45, 7) is 4.58.